The van der Waals surface area contributed by atoms with E-state index in [4.69, 9.17) is 0 Å². The highest BCUT2D eigenvalue weighted by molar-refractivity contribution is 5.95. The van der Waals surface area contributed by atoms with Crippen LogP contribution >= 0.6 is 0 Å². The molecule has 0 spiro atoms. The number of carbonyl (C=O) groups is 1. The molecule has 2 heteroatoms. The molecule has 0 aliphatic carbocycles. The van der Waals surface area contributed by atoms with Crippen LogP contribution in [-0.2, 0) is 11.3 Å². The van der Waals surface area contributed by atoms with Gasteiger partial charge in [0.1, 0.15) is 0 Å². The first-order valence-electron chi connectivity index (χ1n) is 6.65. The molecular weight excluding hydrogens is 222 g/mol. The summed E-state index contributed by atoms with van der Waals surface area (Å²) in [5.41, 5.74) is 1.27. The minimum Gasteiger partial charge on any atom is -0.293 e. The SMILES string of the molecule is CC(C)C[C@H]1C(=O)C=CCN1Cc1ccccc1. The summed E-state index contributed by atoms with van der Waals surface area (Å²) in [6, 6.07) is 10.4. The molecule has 0 saturated carbocycles. The van der Waals surface area contributed by atoms with Gasteiger partial charge in [-0.3, -0.25) is 9.69 Å². The molecule has 2 nitrogen and oxygen atoms in total. The lowest BCUT2D eigenvalue weighted by molar-refractivity contribution is -0.120. The van der Waals surface area contributed by atoms with Gasteiger partial charge in [0.15, 0.2) is 5.78 Å². The lowest BCUT2D eigenvalue weighted by atomic mass is 9.95. The van der Waals surface area contributed by atoms with Crippen LogP contribution in [0.3, 0.4) is 0 Å². The van der Waals surface area contributed by atoms with E-state index in [1.54, 1.807) is 6.08 Å². The fourth-order valence-corrected chi connectivity index (χ4v) is 2.43. The van der Waals surface area contributed by atoms with Gasteiger partial charge in [-0.2, -0.15) is 0 Å². The lowest BCUT2D eigenvalue weighted by Crippen LogP contribution is -2.43. The molecule has 0 fully saturated rings. The summed E-state index contributed by atoms with van der Waals surface area (Å²) in [7, 11) is 0. The van der Waals surface area contributed by atoms with E-state index < -0.39 is 0 Å². The molecule has 0 N–H and O–H groups in total. The second kappa shape index (κ2) is 5.96. The molecule has 0 bridgehead atoms. The van der Waals surface area contributed by atoms with Crippen molar-refractivity contribution in [3.8, 4) is 0 Å². The number of hydrogen-bond acceptors (Lipinski definition) is 2. The molecule has 1 atom stereocenters. The van der Waals surface area contributed by atoms with Crippen LogP contribution in [0.25, 0.3) is 0 Å². The highest BCUT2D eigenvalue weighted by Crippen LogP contribution is 2.19. The molecule has 1 aromatic carbocycles. The molecular formula is C16H21NO. The maximum atomic E-state index is 12.0. The minimum atomic E-state index is 0.0511. The van der Waals surface area contributed by atoms with Crippen molar-refractivity contribution in [3.05, 3.63) is 48.0 Å². The number of ketones is 1. The predicted octanol–water partition coefficient (Wildman–Crippen LogP) is 3.04. The molecule has 0 saturated heterocycles. The van der Waals surface area contributed by atoms with Crippen LogP contribution in [0.5, 0.6) is 0 Å². The van der Waals surface area contributed by atoms with Crippen LogP contribution in [0.1, 0.15) is 25.8 Å². The summed E-state index contributed by atoms with van der Waals surface area (Å²) >= 11 is 0. The standard InChI is InChI=1S/C16H21NO/c1-13(2)11-15-16(18)9-6-10-17(15)12-14-7-4-3-5-8-14/h3-9,13,15H,10-12H2,1-2H3/t15-/m0/s1. The van der Waals surface area contributed by atoms with E-state index in [-0.39, 0.29) is 11.8 Å². The van der Waals surface area contributed by atoms with Crippen LogP contribution in [0.15, 0.2) is 42.5 Å². The average Bonchev–Trinajstić information content (AvgIpc) is 2.34. The zero-order chi connectivity index (χ0) is 13.0. The number of carbonyl (C=O) groups excluding carboxylic acids is 1. The van der Waals surface area contributed by atoms with E-state index in [9.17, 15) is 4.79 Å². The topological polar surface area (TPSA) is 20.3 Å². The van der Waals surface area contributed by atoms with Crippen molar-refractivity contribution in [2.24, 2.45) is 5.92 Å². The first-order valence-corrected chi connectivity index (χ1v) is 6.65. The van der Waals surface area contributed by atoms with Gasteiger partial charge in [-0.1, -0.05) is 50.3 Å². The van der Waals surface area contributed by atoms with Crippen LogP contribution in [0.4, 0.5) is 0 Å². The molecule has 18 heavy (non-hydrogen) atoms. The minimum absolute atomic E-state index is 0.0511. The Hall–Kier alpha value is -1.41. The number of nitrogens with zero attached hydrogens (tertiary/aromatic N) is 1. The van der Waals surface area contributed by atoms with Crippen molar-refractivity contribution in [3.63, 3.8) is 0 Å². The zero-order valence-electron chi connectivity index (χ0n) is 11.2. The highest BCUT2D eigenvalue weighted by atomic mass is 16.1. The third kappa shape index (κ3) is 3.30. The molecule has 96 valence electrons. The summed E-state index contributed by atoms with van der Waals surface area (Å²) in [6.45, 7) is 6.07. The van der Waals surface area contributed by atoms with Crippen molar-refractivity contribution < 1.29 is 4.79 Å². The van der Waals surface area contributed by atoms with Crippen LogP contribution in [0.2, 0.25) is 0 Å². The third-order valence-electron chi connectivity index (χ3n) is 3.31. The van der Waals surface area contributed by atoms with Crippen molar-refractivity contribution in [2.75, 3.05) is 6.54 Å². The van der Waals surface area contributed by atoms with Crippen molar-refractivity contribution >= 4 is 5.78 Å². The Morgan fingerprint density at radius 2 is 2.00 bits per heavy atom. The summed E-state index contributed by atoms with van der Waals surface area (Å²) < 4.78 is 0. The van der Waals surface area contributed by atoms with Gasteiger partial charge in [0.2, 0.25) is 0 Å². The smallest absolute Gasteiger partial charge is 0.172 e. The summed E-state index contributed by atoms with van der Waals surface area (Å²) in [5.74, 6) is 0.801. The van der Waals surface area contributed by atoms with Crippen molar-refractivity contribution in [1.82, 2.24) is 4.90 Å². The quantitative estimate of drug-likeness (QED) is 0.810. The number of rotatable bonds is 4. The summed E-state index contributed by atoms with van der Waals surface area (Å²) in [6.07, 6.45) is 4.66. The van der Waals surface area contributed by atoms with Gasteiger partial charge in [0, 0.05) is 13.1 Å². The first-order chi connectivity index (χ1) is 8.66. The highest BCUT2D eigenvalue weighted by Gasteiger charge is 2.26. The normalized spacial score (nSPS) is 20.6. The Morgan fingerprint density at radius 3 is 2.67 bits per heavy atom. The molecule has 0 amide bonds. The molecule has 0 radical (unpaired) electrons. The van der Waals surface area contributed by atoms with Gasteiger partial charge >= 0.3 is 0 Å². The molecule has 0 aromatic heterocycles. The summed E-state index contributed by atoms with van der Waals surface area (Å²) in [5, 5.41) is 0. The van der Waals surface area contributed by atoms with Gasteiger partial charge in [-0.25, -0.2) is 0 Å². The average molecular weight is 243 g/mol. The second-order valence-electron chi connectivity index (χ2n) is 5.37. The Morgan fingerprint density at radius 1 is 1.28 bits per heavy atom. The Bertz CT molecular complexity index is 422. The maximum absolute atomic E-state index is 12.0. The fraction of sp³-hybridized carbons (Fsp3) is 0.438. The molecule has 2 rings (SSSR count). The van der Waals surface area contributed by atoms with Crippen LogP contribution < -0.4 is 0 Å². The van der Waals surface area contributed by atoms with Crippen molar-refractivity contribution in [2.45, 2.75) is 32.9 Å². The van der Waals surface area contributed by atoms with E-state index >= 15 is 0 Å². The molecule has 1 heterocycles. The number of benzene rings is 1. The van der Waals surface area contributed by atoms with E-state index in [0.717, 1.165) is 19.5 Å². The fourth-order valence-electron chi connectivity index (χ4n) is 2.43. The molecule has 0 unspecified atom stereocenters. The van der Waals surface area contributed by atoms with Gasteiger partial charge in [-0.05, 0) is 24.0 Å². The van der Waals surface area contributed by atoms with E-state index in [1.807, 2.05) is 24.3 Å². The van der Waals surface area contributed by atoms with Gasteiger partial charge in [0.25, 0.3) is 0 Å². The van der Waals surface area contributed by atoms with E-state index in [0.29, 0.717) is 5.92 Å². The van der Waals surface area contributed by atoms with E-state index in [2.05, 4.69) is 30.9 Å². The summed E-state index contributed by atoms with van der Waals surface area (Å²) in [4.78, 5) is 14.3. The monoisotopic (exact) mass is 243 g/mol. The van der Waals surface area contributed by atoms with Gasteiger partial charge < -0.3 is 0 Å². The van der Waals surface area contributed by atoms with Crippen LogP contribution in [0, 0.1) is 5.92 Å². The molecule has 1 aliphatic rings. The largest absolute Gasteiger partial charge is 0.293 e. The number of hydrogen-bond donors (Lipinski definition) is 0. The van der Waals surface area contributed by atoms with Crippen molar-refractivity contribution in [1.29, 1.82) is 0 Å². The van der Waals surface area contributed by atoms with Gasteiger partial charge in [0.05, 0.1) is 6.04 Å². The molecule has 1 aliphatic heterocycles. The predicted molar refractivity (Wildman–Crippen MR) is 74.2 cm³/mol. The maximum Gasteiger partial charge on any atom is 0.172 e. The van der Waals surface area contributed by atoms with Gasteiger partial charge in [-0.15, -0.1) is 0 Å². The van der Waals surface area contributed by atoms with Crippen LogP contribution in [-0.4, -0.2) is 23.3 Å². The Kier molecular flexibility index (Phi) is 4.32. The third-order valence-corrected chi connectivity index (χ3v) is 3.31. The van der Waals surface area contributed by atoms with E-state index in [1.165, 1.54) is 5.56 Å². The molecule has 1 aromatic rings. The Labute approximate surface area is 109 Å². The first kappa shape index (κ1) is 13.0. The second-order valence-corrected chi connectivity index (χ2v) is 5.37. The lowest BCUT2D eigenvalue weighted by Gasteiger charge is -2.32. The zero-order valence-corrected chi connectivity index (χ0v) is 11.2. The Balaban J connectivity index is 2.09.